The smallest absolute Gasteiger partial charge is 0.216 e. The van der Waals surface area contributed by atoms with Crippen LogP contribution < -0.4 is 10.5 Å². The maximum absolute atomic E-state index is 7.37. The second kappa shape index (κ2) is 2.75. The molecule has 10 heavy (non-hydrogen) atoms. The van der Waals surface area contributed by atoms with Gasteiger partial charge in [-0.1, -0.05) is 11.6 Å². The van der Waals surface area contributed by atoms with Gasteiger partial charge in [0, 0.05) is 11.7 Å². The van der Waals surface area contributed by atoms with Crippen molar-refractivity contribution in [2.75, 3.05) is 12.8 Å². The summed E-state index contributed by atoms with van der Waals surface area (Å²) in [7, 11) is -2.73. The third-order valence-corrected chi connectivity index (χ3v) is 0.955. The quantitative estimate of drug-likeness (QED) is 0.636. The number of methoxy groups -OCH3 is 1. The Labute approximate surface area is 70.8 Å². The van der Waals surface area contributed by atoms with Crippen LogP contribution in [0.5, 0.6) is 5.88 Å². The lowest BCUT2D eigenvalue weighted by Crippen LogP contribution is -1.91. The summed E-state index contributed by atoms with van der Waals surface area (Å²) in [5, 5.41) is -0.303. The van der Waals surface area contributed by atoms with Gasteiger partial charge in [0.2, 0.25) is 5.88 Å². The first-order valence-corrected chi connectivity index (χ1v) is 2.71. The lowest BCUT2D eigenvalue weighted by atomic mass is 10.4. The molecule has 0 aliphatic heterocycles. The SMILES string of the molecule is [2H]c1c(Cl)nc(OC([2H])([2H])[2H])c([2H])c1N. The third-order valence-electron chi connectivity index (χ3n) is 0.776. The molecule has 4 heteroatoms. The van der Waals surface area contributed by atoms with E-state index in [4.69, 9.17) is 24.2 Å². The molecule has 0 spiro atoms. The van der Waals surface area contributed by atoms with E-state index < -0.39 is 19.0 Å². The molecule has 0 unspecified atom stereocenters. The number of ether oxygens (including phenoxy) is 1. The summed E-state index contributed by atoms with van der Waals surface area (Å²) in [5.74, 6) is -0.506. The fourth-order valence-electron chi connectivity index (χ4n) is 0.451. The van der Waals surface area contributed by atoms with E-state index in [-0.39, 0.29) is 16.9 Å². The van der Waals surface area contributed by atoms with Crippen LogP contribution in [0.2, 0.25) is 5.15 Å². The maximum atomic E-state index is 7.37. The number of rotatable bonds is 1. The minimum Gasteiger partial charge on any atom is -0.481 e. The first kappa shape index (κ1) is 2.96. The van der Waals surface area contributed by atoms with Gasteiger partial charge in [0.25, 0.3) is 0 Å². The number of anilines is 1. The standard InChI is InChI=1S/C6H7ClN2O/c1-10-6-3-4(8)2-5(7)9-6/h2-3H,1H3,(H2,8,9)/i1D3,2D,3D. The van der Waals surface area contributed by atoms with Crippen molar-refractivity contribution in [2.24, 2.45) is 0 Å². The van der Waals surface area contributed by atoms with Gasteiger partial charge in [-0.25, -0.2) is 4.98 Å². The molecular weight excluding hydrogens is 152 g/mol. The van der Waals surface area contributed by atoms with E-state index in [2.05, 4.69) is 9.72 Å². The molecule has 0 aliphatic rings. The van der Waals surface area contributed by atoms with Crippen molar-refractivity contribution in [1.82, 2.24) is 4.98 Å². The van der Waals surface area contributed by atoms with E-state index >= 15 is 0 Å². The zero-order chi connectivity index (χ0) is 11.8. The molecule has 3 nitrogen and oxygen atoms in total. The zero-order valence-electron chi connectivity index (χ0n) is 9.81. The molecule has 1 heterocycles. The highest BCUT2D eigenvalue weighted by molar-refractivity contribution is 6.29. The van der Waals surface area contributed by atoms with Gasteiger partial charge in [-0.2, -0.15) is 0 Å². The summed E-state index contributed by atoms with van der Waals surface area (Å²) in [6, 6.07) is -0.778. The first-order valence-electron chi connectivity index (χ1n) is 4.83. The minimum absolute atomic E-state index is 0.269. The molecule has 0 fully saturated rings. The summed E-state index contributed by atoms with van der Waals surface area (Å²) in [5.41, 5.74) is 5.07. The van der Waals surface area contributed by atoms with Gasteiger partial charge in [-0.05, 0) is 6.04 Å². The van der Waals surface area contributed by atoms with Crippen LogP contribution in [0.25, 0.3) is 0 Å². The van der Waals surface area contributed by atoms with E-state index in [1.807, 2.05) is 0 Å². The predicted octanol–water partition coefficient (Wildman–Crippen LogP) is 1.33. The van der Waals surface area contributed by atoms with Crippen LogP contribution in [-0.4, -0.2) is 12.0 Å². The third kappa shape index (κ3) is 1.51. The molecule has 0 saturated carbocycles. The van der Waals surface area contributed by atoms with Gasteiger partial charge >= 0.3 is 0 Å². The number of aromatic nitrogens is 1. The van der Waals surface area contributed by atoms with Gasteiger partial charge < -0.3 is 10.5 Å². The fraction of sp³-hybridized carbons (Fsp3) is 0.167. The molecule has 0 aliphatic carbocycles. The molecule has 1 aromatic heterocycles. The van der Waals surface area contributed by atoms with E-state index in [1.165, 1.54) is 0 Å². The zero-order valence-corrected chi connectivity index (χ0v) is 5.57. The van der Waals surface area contributed by atoms with Crippen LogP contribution in [0.4, 0.5) is 5.69 Å². The highest BCUT2D eigenvalue weighted by Gasteiger charge is 1.96. The molecule has 0 aromatic carbocycles. The molecule has 2 N–H and O–H groups in total. The van der Waals surface area contributed by atoms with Crippen molar-refractivity contribution in [1.29, 1.82) is 0 Å². The topological polar surface area (TPSA) is 48.1 Å². The number of halogens is 1. The number of hydrogen-bond donors (Lipinski definition) is 1. The van der Waals surface area contributed by atoms with Gasteiger partial charge in [0.05, 0.1) is 13.9 Å². The average Bonchev–Trinajstić information content (AvgIpc) is 2.08. The Balaban J connectivity index is 3.21. The van der Waals surface area contributed by atoms with Crippen LogP contribution in [0.1, 0.15) is 6.85 Å². The Hall–Kier alpha value is -0.960. The van der Waals surface area contributed by atoms with Crippen LogP contribution in [0, 0.1) is 0 Å². The van der Waals surface area contributed by atoms with E-state index in [9.17, 15) is 0 Å². The van der Waals surface area contributed by atoms with Crippen LogP contribution >= 0.6 is 11.6 Å². The summed E-state index contributed by atoms with van der Waals surface area (Å²) >= 11 is 5.49. The highest BCUT2D eigenvalue weighted by atomic mass is 35.5. The second-order valence-electron chi connectivity index (χ2n) is 1.47. The molecule has 0 saturated heterocycles. The summed E-state index contributed by atoms with van der Waals surface area (Å²) in [4.78, 5) is 3.45. The van der Waals surface area contributed by atoms with Crippen LogP contribution in [0.3, 0.4) is 0 Å². The van der Waals surface area contributed by atoms with Crippen molar-refractivity contribution in [3.05, 3.63) is 17.2 Å². The number of nitrogens with zero attached hydrogens (tertiary/aromatic N) is 1. The minimum atomic E-state index is -2.73. The lowest BCUT2D eigenvalue weighted by molar-refractivity contribution is 0.398. The number of nitrogen functional groups attached to an aromatic ring is 1. The summed E-state index contributed by atoms with van der Waals surface area (Å²) in [6.45, 7) is 0. The first-order chi connectivity index (χ1) is 6.72. The van der Waals surface area contributed by atoms with Gasteiger partial charge in [-0.3, -0.25) is 0 Å². The van der Waals surface area contributed by atoms with Crippen LogP contribution in [-0.2, 0) is 0 Å². The average molecular weight is 164 g/mol. The Morgan fingerprint density at radius 2 is 2.70 bits per heavy atom. The largest absolute Gasteiger partial charge is 0.481 e. The molecular formula is C6H7ClN2O. The summed E-state index contributed by atoms with van der Waals surface area (Å²) < 4.78 is 39.5. The molecule has 1 aromatic rings. The molecule has 54 valence electrons. The van der Waals surface area contributed by atoms with Crippen molar-refractivity contribution in [3.8, 4) is 5.88 Å². The molecule has 0 amide bonds. The lowest BCUT2D eigenvalue weighted by Gasteiger charge is -1.99. The number of hydrogen-bond acceptors (Lipinski definition) is 3. The highest BCUT2D eigenvalue weighted by Crippen LogP contribution is 2.16. The molecule has 0 bridgehead atoms. The maximum Gasteiger partial charge on any atom is 0.216 e. The van der Waals surface area contributed by atoms with E-state index in [0.29, 0.717) is 0 Å². The number of nitrogens with two attached hydrogens (primary N) is 1. The van der Waals surface area contributed by atoms with E-state index in [0.717, 1.165) is 0 Å². The van der Waals surface area contributed by atoms with Gasteiger partial charge in [0.1, 0.15) is 5.15 Å². The molecule has 0 atom stereocenters. The van der Waals surface area contributed by atoms with Crippen molar-refractivity contribution >= 4 is 17.3 Å². The fourth-order valence-corrected chi connectivity index (χ4v) is 0.630. The van der Waals surface area contributed by atoms with Gasteiger partial charge in [-0.15, -0.1) is 0 Å². The Morgan fingerprint density at radius 1 is 1.90 bits per heavy atom. The Morgan fingerprint density at radius 3 is 3.40 bits per heavy atom. The van der Waals surface area contributed by atoms with E-state index in [1.54, 1.807) is 0 Å². The predicted molar refractivity (Wildman–Crippen MR) is 40.2 cm³/mol. The normalized spacial score (nSPS) is 17.9. The molecule has 0 radical (unpaired) electrons. The van der Waals surface area contributed by atoms with Crippen molar-refractivity contribution in [2.45, 2.75) is 0 Å². The van der Waals surface area contributed by atoms with Crippen molar-refractivity contribution in [3.63, 3.8) is 0 Å². The van der Waals surface area contributed by atoms with Crippen LogP contribution in [0.15, 0.2) is 12.1 Å². The Bertz CT molecular complexity index is 394. The van der Waals surface area contributed by atoms with Gasteiger partial charge in [0.15, 0.2) is 0 Å². The second-order valence-corrected chi connectivity index (χ2v) is 1.83. The summed E-state index contributed by atoms with van der Waals surface area (Å²) in [6.07, 6.45) is 0. The number of pyridine rings is 1. The Kier molecular flexibility index (Phi) is 0.815. The molecule has 1 rings (SSSR count). The van der Waals surface area contributed by atoms with Crippen molar-refractivity contribution < 1.29 is 11.6 Å². The monoisotopic (exact) mass is 163 g/mol.